The number of fused-ring (bicyclic) bond motifs is 7. The van der Waals surface area contributed by atoms with Gasteiger partial charge in [-0.05, 0) is 41.5 Å². The Morgan fingerprint density at radius 1 is 0.460 bits per heavy atom. The van der Waals surface area contributed by atoms with Gasteiger partial charge < -0.3 is 9.30 Å². The molecule has 1 aliphatic heterocycles. The number of hydrogen-bond acceptors (Lipinski definition) is 4. The Kier molecular flexibility index (Phi) is 6.56. The van der Waals surface area contributed by atoms with E-state index >= 15 is 0 Å². The monoisotopic (exact) mass is 642 g/mol. The number of rotatable bonds is 4. The second-order valence-electron chi connectivity index (χ2n) is 12.8. The highest BCUT2D eigenvalue weighted by Gasteiger charge is 2.31. The highest BCUT2D eigenvalue weighted by Crippen LogP contribution is 2.49. The van der Waals surface area contributed by atoms with Crippen molar-refractivity contribution in [2.24, 2.45) is 0 Å². The Morgan fingerprint density at radius 2 is 1.06 bits per heavy atom. The summed E-state index contributed by atoms with van der Waals surface area (Å²) in [6.07, 6.45) is 8.94. The first-order chi connectivity index (χ1) is 24.8. The van der Waals surface area contributed by atoms with Crippen LogP contribution in [-0.2, 0) is 0 Å². The highest BCUT2D eigenvalue weighted by atomic mass is 16.5. The Bertz CT molecular complexity index is 2580. The molecule has 50 heavy (non-hydrogen) atoms. The fourth-order valence-electron chi connectivity index (χ4n) is 7.51. The molecule has 0 amide bonds. The summed E-state index contributed by atoms with van der Waals surface area (Å²) in [6.45, 7) is 0. The molecule has 2 unspecified atom stereocenters. The molecule has 8 aromatic rings. The smallest absolute Gasteiger partial charge is 0.164 e. The lowest BCUT2D eigenvalue weighted by Crippen LogP contribution is -2.18. The van der Waals surface area contributed by atoms with Crippen LogP contribution in [-0.4, -0.2) is 19.5 Å². The van der Waals surface area contributed by atoms with E-state index in [2.05, 4.69) is 114 Å². The summed E-state index contributed by atoms with van der Waals surface area (Å²) < 4.78 is 9.17. The van der Waals surface area contributed by atoms with E-state index in [9.17, 15) is 0 Å². The summed E-state index contributed by atoms with van der Waals surface area (Å²) in [7, 11) is 0. The standard InChI is InChI=1S/C45H30N4O/c1-3-13-29(14-4-1)43-46-44(30-15-5-2-6-16-30)48-45(47-43)33-18-11-17-31(27-33)32-25-26-39-37(28-32)36-21-12-24-41-42(36)49(39)38-22-9-7-19-34(38)35-20-8-10-23-40(35)50-41/h1-28,34,38H. The van der Waals surface area contributed by atoms with Gasteiger partial charge in [-0.3, -0.25) is 0 Å². The number of allylic oxidation sites excluding steroid dienone is 4. The molecule has 0 spiro atoms. The fraction of sp³-hybridized carbons (Fsp3) is 0.0444. The maximum absolute atomic E-state index is 6.70. The van der Waals surface area contributed by atoms with Gasteiger partial charge in [-0.15, -0.1) is 0 Å². The third-order valence-electron chi connectivity index (χ3n) is 9.84. The normalized spacial score (nSPS) is 16.0. The van der Waals surface area contributed by atoms with Crippen molar-refractivity contribution >= 4 is 21.8 Å². The predicted molar refractivity (Wildman–Crippen MR) is 201 cm³/mol. The van der Waals surface area contributed by atoms with Crippen molar-refractivity contribution in [1.82, 2.24) is 19.5 Å². The first-order valence-electron chi connectivity index (χ1n) is 16.9. The van der Waals surface area contributed by atoms with Gasteiger partial charge in [-0.1, -0.05) is 140 Å². The van der Waals surface area contributed by atoms with E-state index in [1.807, 2.05) is 60.7 Å². The summed E-state index contributed by atoms with van der Waals surface area (Å²) in [5, 5.41) is 2.37. The minimum absolute atomic E-state index is 0.113. The molecule has 6 aromatic carbocycles. The van der Waals surface area contributed by atoms with Crippen LogP contribution in [0.15, 0.2) is 170 Å². The van der Waals surface area contributed by atoms with Crippen molar-refractivity contribution in [2.45, 2.75) is 12.0 Å². The lowest BCUT2D eigenvalue weighted by molar-refractivity contribution is 0.451. The molecule has 1 aliphatic carbocycles. The maximum atomic E-state index is 6.70. The molecule has 0 saturated carbocycles. The zero-order valence-corrected chi connectivity index (χ0v) is 27.0. The minimum atomic E-state index is 0.113. The summed E-state index contributed by atoms with van der Waals surface area (Å²) in [5.41, 5.74) is 8.55. The predicted octanol–water partition coefficient (Wildman–Crippen LogP) is 11.2. The third-order valence-corrected chi connectivity index (χ3v) is 9.84. The van der Waals surface area contributed by atoms with Gasteiger partial charge in [0.25, 0.3) is 0 Å². The lowest BCUT2D eigenvalue weighted by atomic mass is 9.86. The minimum Gasteiger partial charge on any atom is -0.455 e. The molecule has 236 valence electrons. The van der Waals surface area contributed by atoms with Crippen LogP contribution in [0.4, 0.5) is 0 Å². The van der Waals surface area contributed by atoms with Crippen LogP contribution < -0.4 is 4.74 Å². The van der Waals surface area contributed by atoms with Crippen molar-refractivity contribution in [1.29, 1.82) is 0 Å². The number of benzene rings is 6. The number of aromatic nitrogens is 4. The Balaban J connectivity index is 1.12. The van der Waals surface area contributed by atoms with E-state index < -0.39 is 0 Å². The number of ether oxygens (including phenoxy) is 1. The van der Waals surface area contributed by atoms with Crippen LogP contribution in [0, 0.1) is 0 Å². The SMILES string of the molecule is C1=CC2c3ccccc3Oc3cccc4c5cc(-c6cccc(-c7nc(-c8ccccc8)nc(-c8ccccc8)n7)c6)ccc5n(c34)C2C=C1. The van der Waals surface area contributed by atoms with E-state index in [-0.39, 0.29) is 12.0 Å². The van der Waals surface area contributed by atoms with Crippen molar-refractivity contribution in [3.8, 4) is 56.8 Å². The second-order valence-corrected chi connectivity index (χ2v) is 12.8. The summed E-state index contributed by atoms with van der Waals surface area (Å²) in [5.74, 6) is 3.87. The summed E-state index contributed by atoms with van der Waals surface area (Å²) in [4.78, 5) is 14.8. The third kappa shape index (κ3) is 4.66. The summed E-state index contributed by atoms with van der Waals surface area (Å²) >= 11 is 0. The average Bonchev–Trinajstić information content (AvgIpc) is 3.52. The molecule has 10 rings (SSSR count). The molecule has 2 aromatic heterocycles. The molecule has 0 N–H and O–H groups in total. The first kappa shape index (κ1) is 28.4. The molecule has 3 heterocycles. The zero-order chi connectivity index (χ0) is 33.0. The molecule has 5 nitrogen and oxygen atoms in total. The van der Waals surface area contributed by atoms with Crippen molar-refractivity contribution in [3.63, 3.8) is 0 Å². The van der Waals surface area contributed by atoms with Crippen LogP contribution in [0.2, 0.25) is 0 Å². The first-order valence-corrected chi connectivity index (χ1v) is 16.9. The van der Waals surface area contributed by atoms with Crippen molar-refractivity contribution < 1.29 is 4.74 Å². The number of para-hydroxylation sites is 2. The molecule has 0 bridgehead atoms. The lowest BCUT2D eigenvalue weighted by Gasteiger charge is -2.31. The van der Waals surface area contributed by atoms with Gasteiger partial charge in [0.05, 0.1) is 11.6 Å². The van der Waals surface area contributed by atoms with Gasteiger partial charge >= 0.3 is 0 Å². The Labute approximate surface area is 289 Å². The van der Waals surface area contributed by atoms with Crippen LogP contribution in [0.1, 0.15) is 17.5 Å². The van der Waals surface area contributed by atoms with Gasteiger partial charge in [-0.2, -0.15) is 0 Å². The van der Waals surface area contributed by atoms with Gasteiger partial charge in [0.15, 0.2) is 23.2 Å². The molecule has 0 radical (unpaired) electrons. The largest absolute Gasteiger partial charge is 0.455 e. The second kappa shape index (κ2) is 11.5. The van der Waals surface area contributed by atoms with Gasteiger partial charge in [0.1, 0.15) is 5.75 Å². The van der Waals surface area contributed by atoms with E-state index in [1.54, 1.807) is 0 Å². The molecule has 0 saturated heterocycles. The molecule has 2 atom stereocenters. The number of hydrogen-bond donors (Lipinski definition) is 0. The topological polar surface area (TPSA) is 52.8 Å². The van der Waals surface area contributed by atoms with Crippen molar-refractivity contribution in [3.05, 3.63) is 175 Å². The van der Waals surface area contributed by atoms with E-state index in [1.165, 1.54) is 21.9 Å². The van der Waals surface area contributed by atoms with Gasteiger partial charge in [0.2, 0.25) is 0 Å². The van der Waals surface area contributed by atoms with Crippen LogP contribution in [0.3, 0.4) is 0 Å². The van der Waals surface area contributed by atoms with Crippen LogP contribution in [0.25, 0.3) is 67.1 Å². The average molecular weight is 643 g/mol. The maximum Gasteiger partial charge on any atom is 0.164 e. The van der Waals surface area contributed by atoms with Crippen LogP contribution in [0.5, 0.6) is 11.5 Å². The fourth-order valence-corrected chi connectivity index (χ4v) is 7.51. The van der Waals surface area contributed by atoms with E-state index in [0.717, 1.165) is 44.8 Å². The zero-order valence-electron chi connectivity index (χ0n) is 27.0. The summed E-state index contributed by atoms with van der Waals surface area (Å²) in [6, 6.07) is 50.4. The molecule has 0 fully saturated rings. The Morgan fingerprint density at radius 3 is 1.84 bits per heavy atom. The number of nitrogens with zero attached hydrogens (tertiary/aromatic N) is 4. The molecule has 2 aliphatic rings. The highest BCUT2D eigenvalue weighted by molar-refractivity contribution is 6.11. The van der Waals surface area contributed by atoms with Gasteiger partial charge in [0, 0.05) is 44.5 Å². The van der Waals surface area contributed by atoms with E-state index in [0.29, 0.717) is 17.5 Å². The molecular weight excluding hydrogens is 613 g/mol. The van der Waals surface area contributed by atoms with Crippen molar-refractivity contribution in [2.75, 3.05) is 0 Å². The Hall–Kier alpha value is -6.59. The van der Waals surface area contributed by atoms with E-state index in [4.69, 9.17) is 19.7 Å². The quantitative estimate of drug-likeness (QED) is 0.192. The molecular formula is C45H30N4O. The molecule has 5 heteroatoms. The van der Waals surface area contributed by atoms with Crippen LogP contribution >= 0.6 is 0 Å². The van der Waals surface area contributed by atoms with Gasteiger partial charge in [-0.25, -0.2) is 15.0 Å².